The molecule has 0 atom stereocenters. The molecule has 0 heterocycles. The van der Waals surface area contributed by atoms with E-state index in [-0.39, 0.29) is 0 Å². The number of halogens is 1. The Morgan fingerprint density at radius 3 is 2.45 bits per heavy atom. The quantitative estimate of drug-likeness (QED) is 0.466. The molecule has 0 spiro atoms. The highest BCUT2D eigenvalue weighted by Crippen LogP contribution is 2.29. The van der Waals surface area contributed by atoms with Crippen molar-refractivity contribution < 1.29 is 9.84 Å². The maximum absolute atomic E-state index is 9.73. The molecule has 120 valence electrons. The van der Waals surface area contributed by atoms with Gasteiger partial charge in [-0.05, 0) is 54.3 Å². The van der Waals surface area contributed by atoms with Crippen LogP contribution in [0.4, 0.5) is 0 Å². The van der Waals surface area contributed by atoms with Crippen molar-refractivity contribution >= 4 is 22.4 Å². The lowest BCUT2D eigenvalue weighted by atomic mass is 10.0. The van der Waals surface area contributed by atoms with Crippen LogP contribution in [-0.2, 0) is 0 Å². The lowest BCUT2D eigenvalue weighted by Crippen LogP contribution is -1.97. The van der Waals surface area contributed by atoms with E-state index in [0.717, 1.165) is 47.4 Å². The van der Waals surface area contributed by atoms with E-state index in [0.29, 0.717) is 5.75 Å². The second-order valence-corrected chi connectivity index (χ2v) is 6.13. The molecule has 3 heteroatoms. The highest BCUT2D eigenvalue weighted by molar-refractivity contribution is 6.17. The third-order valence-corrected chi connectivity index (χ3v) is 4.30. The summed E-state index contributed by atoms with van der Waals surface area (Å²) in [6.45, 7) is 2.69. The van der Waals surface area contributed by atoms with Crippen LogP contribution in [0.3, 0.4) is 0 Å². The van der Waals surface area contributed by atoms with Gasteiger partial charge in [-0.2, -0.15) is 0 Å². The number of ether oxygens (including phenoxy) is 1. The molecule has 0 aliphatic heterocycles. The first-order valence-electron chi connectivity index (χ1n) is 8.13. The van der Waals surface area contributed by atoms with Gasteiger partial charge in [0.15, 0.2) is 0 Å². The molecule has 2 aromatic rings. The summed E-state index contributed by atoms with van der Waals surface area (Å²) in [7, 11) is 0. The van der Waals surface area contributed by atoms with Gasteiger partial charge >= 0.3 is 0 Å². The minimum Gasteiger partial charge on any atom is -0.508 e. The second-order valence-electron chi connectivity index (χ2n) is 5.75. The van der Waals surface area contributed by atoms with Crippen LogP contribution < -0.4 is 4.74 Å². The van der Waals surface area contributed by atoms with Gasteiger partial charge in [-0.3, -0.25) is 0 Å². The number of fused-ring (bicyclic) bond motifs is 1. The van der Waals surface area contributed by atoms with Gasteiger partial charge in [0.2, 0.25) is 0 Å². The Balaban J connectivity index is 1.77. The summed E-state index contributed by atoms with van der Waals surface area (Å²) >= 11 is 5.66. The summed E-state index contributed by atoms with van der Waals surface area (Å²) in [5, 5.41) is 11.9. The average molecular weight is 321 g/mol. The van der Waals surface area contributed by atoms with E-state index in [4.69, 9.17) is 16.3 Å². The van der Waals surface area contributed by atoms with Crippen LogP contribution in [0, 0.1) is 6.92 Å². The van der Waals surface area contributed by atoms with E-state index in [9.17, 15) is 5.11 Å². The zero-order valence-corrected chi connectivity index (χ0v) is 14.0. The van der Waals surface area contributed by atoms with E-state index in [1.54, 1.807) is 6.07 Å². The van der Waals surface area contributed by atoms with Crippen molar-refractivity contribution in [2.45, 2.75) is 45.4 Å². The molecule has 0 saturated carbocycles. The third kappa shape index (κ3) is 4.81. The minimum absolute atomic E-state index is 0.343. The summed E-state index contributed by atoms with van der Waals surface area (Å²) in [6, 6.07) is 9.72. The summed E-state index contributed by atoms with van der Waals surface area (Å²) < 4.78 is 5.83. The van der Waals surface area contributed by atoms with Gasteiger partial charge in [0.05, 0.1) is 6.61 Å². The summed E-state index contributed by atoms with van der Waals surface area (Å²) in [5.74, 6) is 2.03. The van der Waals surface area contributed by atoms with Gasteiger partial charge in [-0.15, -0.1) is 11.6 Å². The van der Waals surface area contributed by atoms with Crippen LogP contribution in [0.2, 0.25) is 0 Å². The first-order valence-corrected chi connectivity index (χ1v) is 8.67. The fraction of sp³-hybridized carbons (Fsp3) is 0.474. The molecule has 0 radical (unpaired) electrons. The number of aryl methyl sites for hydroxylation is 1. The van der Waals surface area contributed by atoms with Crippen LogP contribution in [-0.4, -0.2) is 17.6 Å². The van der Waals surface area contributed by atoms with Gasteiger partial charge < -0.3 is 9.84 Å². The number of phenols is 1. The number of alkyl halides is 1. The number of unbranched alkanes of at least 4 members (excludes halogenated alkanes) is 5. The maximum Gasteiger partial charge on any atom is 0.119 e. The Kier molecular flexibility index (Phi) is 6.85. The van der Waals surface area contributed by atoms with Crippen LogP contribution >= 0.6 is 11.6 Å². The lowest BCUT2D eigenvalue weighted by Gasteiger charge is -2.09. The second kappa shape index (κ2) is 8.89. The molecular weight excluding hydrogens is 296 g/mol. The van der Waals surface area contributed by atoms with Gasteiger partial charge in [-0.1, -0.05) is 37.8 Å². The molecule has 2 rings (SSSR count). The number of rotatable bonds is 9. The number of phenolic OH excluding ortho intramolecular Hbond substituents is 1. The topological polar surface area (TPSA) is 29.5 Å². The molecule has 0 unspecified atom stereocenters. The average Bonchev–Trinajstić information content (AvgIpc) is 2.53. The van der Waals surface area contributed by atoms with Crippen molar-refractivity contribution in [3.8, 4) is 11.5 Å². The van der Waals surface area contributed by atoms with Crippen molar-refractivity contribution in [2.24, 2.45) is 0 Å². The van der Waals surface area contributed by atoms with Gasteiger partial charge in [0, 0.05) is 5.88 Å². The molecule has 0 aliphatic rings. The monoisotopic (exact) mass is 320 g/mol. The molecule has 0 aliphatic carbocycles. The Morgan fingerprint density at radius 1 is 0.955 bits per heavy atom. The molecule has 1 N–H and O–H groups in total. The van der Waals surface area contributed by atoms with Crippen LogP contribution in [0.1, 0.15) is 44.1 Å². The Morgan fingerprint density at radius 2 is 1.68 bits per heavy atom. The molecule has 0 bridgehead atoms. The van der Waals surface area contributed by atoms with E-state index in [2.05, 4.69) is 0 Å². The summed E-state index contributed by atoms with van der Waals surface area (Å²) in [5.41, 5.74) is 0.918. The first-order chi connectivity index (χ1) is 10.7. The molecule has 0 aromatic heterocycles. The Bertz CT molecular complexity index is 595. The van der Waals surface area contributed by atoms with E-state index < -0.39 is 0 Å². The van der Waals surface area contributed by atoms with Crippen molar-refractivity contribution in [2.75, 3.05) is 12.5 Å². The van der Waals surface area contributed by atoms with Crippen molar-refractivity contribution in [3.63, 3.8) is 0 Å². The molecule has 2 nitrogen and oxygen atoms in total. The summed E-state index contributed by atoms with van der Waals surface area (Å²) in [4.78, 5) is 0. The number of benzene rings is 2. The number of hydrogen-bond donors (Lipinski definition) is 1. The summed E-state index contributed by atoms with van der Waals surface area (Å²) in [6.07, 6.45) is 7.20. The lowest BCUT2D eigenvalue weighted by molar-refractivity contribution is 0.305. The normalized spacial score (nSPS) is 11.0. The fourth-order valence-electron chi connectivity index (χ4n) is 2.64. The van der Waals surface area contributed by atoms with Crippen molar-refractivity contribution in [1.29, 1.82) is 0 Å². The van der Waals surface area contributed by atoms with Crippen LogP contribution in [0.15, 0.2) is 30.3 Å². The van der Waals surface area contributed by atoms with Gasteiger partial charge in [-0.25, -0.2) is 0 Å². The van der Waals surface area contributed by atoms with Crippen LogP contribution in [0.5, 0.6) is 11.5 Å². The SMILES string of the molecule is Cc1c(O)ccc2cc(OCCCCCCCCCl)ccc12. The van der Waals surface area contributed by atoms with Crippen molar-refractivity contribution in [3.05, 3.63) is 35.9 Å². The van der Waals surface area contributed by atoms with Gasteiger partial charge in [0.25, 0.3) is 0 Å². The third-order valence-electron chi connectivity index (χ3n) is 4.03. The standard InChI is InChI=1S/C19H25ClO2/c1-15-18-10-9-17(14-16(18)8-11-19(15)21)22-13-7-5-3-2-4-6-12-20/h8-11,14,21H,2-7,12-13H2,1H3. The minimum atomic E-state index is 0.343. The molecule has 22 heavy (non-hydrogen) atoms. The Labute approximate surface area is 138 Å². The van der Waals surface area contributed by atoms with E-state index in [1.807, 2.05) is 31.2 Å². The zero-order chi connectivity index (χ0) is 15.8. The van der Waals surface area contributed by atoms with E-state index in [1.165, 1.54) is 25.7 Å². The smallest absolute Gasteiger partial charge is 0.119 e. The predicted octanol–water partition coefficient (Wildman–Crippen LogP) is 5.81. The number of hydrogen-bond acceptors (Lipinski definition) is 2. The highest BCUT2D eigenvalue weighted by atomic mass is 35.5. The first kappa shape index (κ1) is 17.0. The molecule has 2 aromatic carbocycles. The molecule has 0 saturated heterocycles. The molecule has 0 fully saturated rings. The maximum atomic E-state index is 9.73. The van der Waals surface area contributed by atoms with Crippen molar-refractivity contribution in [1.82, 2.24) is 0 Å². The highest BCUT2D eigenvalue weighted by Gasteiger charge is 2.03. The predicted molar refractivity (Wildman–Crippen MR) is 94.3 cm³/mol. The van der Waals surface area contributed by atoms with E-state index >= 15 is 0 Å². The number of aromatic hydroxyl groups is 1. The Hall–Kier alpha value is -1.41. The largest absolute Gasteiger partial charge is 0.508 e. The zero-order valence-electron chi connectivity index (χ0n) is 13.3. The van der Waals surface area contributed by atoms with Gasteiger partial charge in [0.1, 0.15) is 11.5 Å². The van der Waals surface area contributed by atoms with Crippen LogP contribution in [0.25, 0.3) is 10.8 Å². The molecular formula is C19H25ClO2. The fourth-order valence-corrected chi connectivity index (χ4v) is 2.82. The molecule has 0 amide bonds.